The molecule has 2 rings (SSSR count). The normalized spacial score (nSPS) is 23.1. The number of alkyl halides is 1. The summed E-state index contributed by atoms with van der Waals surface area (Å²) in [5, 5.41) is 0.857. The number of sulfonamides is 1. The van der Waals surface area contributed by atoms with Crippen molar-refractivity contribution in [2.45, 2.75) is 56.4 Å². The quantitative estimate of drug-likeness (QED) is 0.769. The van der Waals surface area contributed by atoms with Crippen molar-refractivity contribution in [3.63, 3.8) is 0 Å². The van der Waals surface area contributed by atoms with E-state index in [1.807, 2.05) is 12.1 Å². The molecule has 1 saturated carbocycles. The first kappa shape index (κ1) is 17.0. The van der Waals surface area contributed by atoms with E-state index in [9.17, 15) is 8.42 Å². The van der Waals surface area contributed by atoms with E-state index < -0.39 is 10.0 Å². The topological polar surface area (TPSA) is 46.2 Å². The fourth-order valence-electron chi connectivity index (χ4n) is 2.94. The maximum absolute atomic E-state index is 12.5. The van der Waals surface area contributed by atoms with Gasteiger partial charge in [-0.3, -0.25) is 0 Å². The van der Waals surface area contributed by atoms with Gasteiger partial charge >= 0.3 is 0 Å². The molecule has 1 N–H and O–H groups in total. The molecule has 0 aliphatic heterocycles. The molecule has 1 aliphatic rings. The van der Waals surface area contributed by atoms with Gasteiger partial charge in [-0.1, -0.05) is 54.2 Å². The lowest BCUT2D eigenvalue weighted by atomic mass is 9.87. The van der Waals surface area contributed by atoms with Crippen LogP contribution >= 0.6 is 15.9 Å². The van der Waals surface area contributed by atoms with E-state index in [-0.39, 0.29) is 6.04 Å². The van der Waals surface area contributed by atoms with Crippen molar-refractivity contribution >= 4 is 26.0 Å². The van der Waals surface area contributed by atoms with Crippen LogP contribution in [0.4, 0.5) is 0 Å². The van der Waals surface area contributed by atoms with Crippen molar-refractivity contribution < 1.29 is 8.42 Å². The van der Waals surface area contributed by atoms with Crippen molar-refractivity contribution in [2.75, 3.05) is 5.33 Å². The Labute approximate surface area is 136 Å². The number of rotatable bonds is 6. The predicted octanol–water partition coefficient (Wildman–Crippen LogP) is 3.87. The molecule has 118 valence electrons. The second-order valence-corrected chi connectivity index (χ2v) is 8.18. The van der Waals surface area contributed by atoms with Crippen LogP contribution in [-0.2, 0) is 16.4 Å². The summed E-state index contributed by atoms with van der Waals surface area (Å²) in [5.41, 5.74) is 1.19. The summed E-state index contributed by atoms with van der Waals surface area (Å²) in [7, 11) is -3.41. The molecule has 0 heterocycles. The minimum absolute atomic E-state index is 0.0541. The zero-order chi connectivity index (χ0) is 15.3. The number of hydrogen-bond acceptors (Lipinski definition) is 2. The van der Waals surface area contributed by atoms with Crippen LogP contribution in [0, 0.1) is 5.92 Å². The van der Waals surface area contributed by atoms with Gasteiger partial charge in [0.05, 0.1) is 4.90 Å². The average Bonchev–Trinajstić information content (AvgIpc) is 2.48. The second kappa shape index (κ2) is 7.75. The van der Waals surface area contributed by atoms with Crippen molar-refractivity contribution in [2.24, 2.45) is 5.92 Å². The fraction of sp³-hybridized carbons (Fsp3) is 0.625. The first-order valence-electron chi connectivity index (χ1n) is 7.74. The maximum atomic E-state index is 12.5. The van der Waals surface area contributed by atoms with Crippen LogP contribution < -0.4 is 4.72 Å². The minimum atomic E-state index is -3.41. The van der Waals surface area contributed by atoms with Crippen LogP contribution in [0.3, 0.4) is 0 Å². The first-order chi connectivity index (χ1) is 10.1. The second-order valence-electron chi connectivity index (χ2n) is 5.82. The monoisotopic (exact) mass is 373 g/mol. The van der Waals surface area contributed by atoms with Gasteiger partial charge in [-0.2, -0.15) is 0 Å². The Kier molecular flexibility index (Phi) is 6.26. The molecule has 0 aromatic heterocycles. The van der Waals surface area contributed by atoms with Crippen LogP contribution in [0.2, 0.25) is 0 Å². The SMILES string of the molecule is CCCc1ccc(S(=O)(=O)NC2CCCCC2CBr)cc1. The minimum Gasteiger partial charge on any atom is -0.208 e. The van der Waals surface area contributed by atoms with E-state index in [4.69, 9.17) is 0 Å². The van der Waals surface area contributed by atoms with E-state index in [0.29, 0.717) is 10.8 Å². The molecule has 0 amide bonds. The van der Waals surface area contributed by atoms with Gasteiger partial charge in [0, 0.05) is 11.4 Å². The number of nitrogens with one attached hydrogen (secondary N) is 1. The largest absolute Gasteiger partial charge is 0.240 e. The highest BCUT2D eigenvalue weighted by Gasteiger charge is 2.28. The van der Waals surface area contributed by atoms with E-state index in [1.54, 1.807) is 12.1 Å². The van der Waals surface area contributed by atoms with Gasteiger partial charge in [-0.25, -0.2) is 13.1 Å². The third-order valence-corrected chi connectivity index (χ3v) is 6.52. The third-order valence-electron chi connectivity index (χ3n) is 4.19. The molecular weight excluding hydrogens is 350 g/mol. The smallest absolute Gasteiger partial charge is 0.208 e. The Morgan fingerprint density at radius 2 is 1.86 bits per heavy atom. The summed E-state index contributed by atoms with van der Waals surface area (Å²) in [5.74, 6) is 0.396. The highest BCUT2D eigenvalue weighted by Crippen LogP contribution is 2.27. The maximum Gasteiger partial charge on any atom is 0.240 e. The van der Waals surface area contributed by atoms with Gasteiger partial charge in [-0.05, 0) is 42.9 Å². The van der Waals surface area contributed by atoms with Crippen molar-refractivity contribution in [3.8, 4) is 0 Å². The Bertz CT molecular complexity index is 542. The van der Waals surface area contributed by atoms with Crippen molar-refractivity contribution in [1.82, 2.24) is 4.72 Å². The van der Waals surface area contributed by atoms with E-state index >= 15 is 0 Å². The number of halogens is 1. The Morgan fingerprint density at radius 1 is 1.19 bits per heavy atom. The van der Waals surface area contributed by atoms with Crippen LogP contribution in [0.25, 0.3) is 0 Å². The lowest BCUT2D eigenvalue weighted by Gasteiger charge is -2.30. The summed E-state index contributed by atoms with van der Waals surface area (Å²) in [6, 6.07) is 7.33. The number of hydrogen-bond donors (Lipinski definition) is 1. The van der Waals surface area contributed by atoms with Crippen LogP contribution in [0.1, 0.15) is 44.6 Å². The van der Waals surface area contributed by atoms with Crippen LogP contribution in [0.15, 0.2) is 29.2 Å². The number of benzene rings is 1. The van der Waals surface area contributed by atoms with E-state index in [0.717, 1.165) is 37.4 Å². The van der Waals surface area contributed by atoms with Gasteiger partial charge in [0.1, 0.15) is 0 Å². The van der Waals surface area contributed by atoms with Crippen molar-refractivity contribution in [1.29, 1.82) is 0 Å². The molecule has 2 atom stereocenters. The van der Waals surface area contributed by atoms with Crippen LogP contribution in [0.5, 0.6) is 0 Å². The molecule has 1 aromatic rings. The molecule has 1 fully saturated rings. The lowest BCUT2D eigenvalue weighted by molar-refractivity contribution is 0.316. The molecular formula is C16H24BrNO2S. The summed E-state index contributed by atoms with van der Waals surface area (Å²) >= 11 is 3.51. The molecule has 1 aliphatic carbocycles. The molecule has 2 unspecified atom stereocenters. The summed E-state index contributed by atoms with van der Waals surface area (Å²) in [6.07, 6.45) is 6.38. The third kappa shape index (κ3) is 4.54. The highest BCUT2D eigenvalue weighted by atomic mass is 79.9. The highest BCUT2D eigenvalue weighted by molar-refractivity contribution is 9.09. The predicted molar refractivity (Wildman–Crippen MR) is 90.3 cm³/mol. The van der Waals surface area contributed by atoms with Gasteiger partial charge in [0.15, 0.2) is 0 Å². The molecule has 0 bridgehead atoms. The Morgan fingerprint density at radius 3 is 2.48 bits per heavy atom. The summed E-state index contributed by atoms with van der Waals surface area (Å²) in [4.78, 5) is 0.376. The van der Waals surface area contributed by atoms with Gasteiger partial charge in [-0.15, -0.1) is 0 Å². The fourth-order valence-corrected chi connectivity index (χ4v) is 5.05. The summed E-state index contributed by atoms with van der Waals surface area (Å²) in [6.45, 7) is 2.12. The van der Waals surface area contributed by atoms with Gasteiger partial charge < -0.3 is 0 Å². The molecule has 5 heteroatoms. The standard InChI is InChI=1S/C16H24BrNO2S/c1-2-5-13-8-10-15(11-9-13)21(19,20)18-16-7-4-3-6-14(16)12-17/h8-11,14,16,18H,2-7,12H2,1H3. The number of aryl methyl sites for hydroxylation is 1. The average molecular weight is 374 g/mol. The Balaban J connectivity index is 2.10. The van der Waals surface area contributed by atoms with E-state index in [1.165, 1.54) is 12.0 Å². The molecule has 21 heavy (non-hydrogen) atoms. The zero-order valence-electron chi connectivity index (χ0n) is 12.5. The lowest BCUT2D eigenvalue weighted by Crippen LogP contribution is -2.42. The van der Waals surface area contributed by atoms with E-state index in [2.05, 4.69) is 27.6 Å². The van der Waals surface area contributed by atoms with Crippen LogP contribution in [-0.4, -0.2) is 19.8 Å². The first-order valence-corrected chi connectivity index (χ1v) is 10.3. The molecule has 0 radical (unpaired) electrons. The molecule has 1 aromatic carbocycles. The molecule has 0 saturated heterocycles. The van der Waals surface area contributed by atoms with Gasteiger partial charge in [0.25, 0.3) is 0 Å². The molecule has 0 spiro atoms. The zero-order valence-corrected chi connectivity index (χ0v) is 14.9. The Hall–Kier alpha value is -0.390. The van der Waals surface area contributed by atoms with Gasteiger partial charge in [0.2, 0.25) is 10.0 Å². The van der Waals surface area contributed by atoms with Crippen molar-refractivity contribution in [3.05, 3.63) is 29.8 Å². The summed E-state index contributed by atoms with van der Waals surface area (Å²) < 4.78 is 27.9. The molecule has 3 nitrogen and oxygen atoms in total.